The van der Waals surface area contributed by atoms with Crippen LogP contribution < -0.4 is 10.8 Å². The molecule has 156 valence electrons. The molecule has 1 fully saturated rings. The van der Waals surface area contributed by atoms with Crippen molar-refractivity contribution in [3.8, 4) is 0 Å². The molecule has 0 radical (unpaired) electrons. The lowest BCUT2D eigenvalue weighted by molar-refractivity contribution is -0.148. The third-order valence-electron chi connectivity index (χ3n) is 5.00. The van der Waals surface area contributed by atoms with Gasteiger partial charge in [-0.3, -0.25) is 19.6 Å². The molecule has 2 heterocycles. The number of aryl methyl sites for hydroxylation is 2. The minimum atomic E-state index is -2.17. The first-order valence-electron chi connectivity index (χ1n) is 9.43. The number of alkyl halides is 1. The fourth-order valence-corrected chi connectivity index (χ4v) is 4.11. The average molecular weight is 415 g/mol. The third kappa shape index (κ3) is 5.05. The monoisotopic (exact) mass is 414 g/mol. The minimum absolute atomic E-state index is 0.166. The van der Waals surface area contributed by atoms with Gasteiger partial charge in [0.25, 0.3) is 5.91 Å². The number of thiazole rings is 1. The van der Waals surface area contributed by atoms with Gasteiger partial charge in [0.05, 0.1) is 11.6 Å². The summed E-state index contributed by atoms with van der Waals surface area (Å²) < 4.78 is 14.5. The summed E-state index contributed by atoms with van der Waals surface area (Å²) >= 11 is 1.35. The lowest BCUT2D eigenvalue weighted by Crippen LogP contribution is -2.49. The summed E-state index contributed by atoms with van der Waals surface area (Å²) in [7, 11) is 0. The number of carbonyl (C=O) groups is 3. The number of halogens is 1. The SMILES string of the molecule is CCCC[C@@H](C(=O)N1CCCC1C(=O)Nc1nc(C)c(C)s1)[C@H](F)C(=O)NO. The number of hydrogen-bond donors (Lipinski definition) is 3. The molecule has 3 atom stereocenters. The molecule has 1 aliphatic rings. The average Bonchev–Trinajstić information content (AvgIpc) is 3.27. The van der Waals surface area contributed by atoms with Crippen molar-refractivity contribution in [2.24, 2.45) is 5.92 Å². The number of nitrogens with one attached hydrogen (secondary N) is 2. The molecule has 1 unspecified atom stereocenters. The smallest absolute Gasteiger partial charge is 0.278 e. The number of anilines is 1. The second-order valence-electron chi connectivity index (χ2n) is 6.97. The molecule has 8 nitrogen and oxygen atoms in total. The molecule has 1 aromatic rings. The first kappa shape index (κ1) is 22.2. The second-order valence-corrected chi connectivity index (χ2v) is 8.17. The molecule has 1 saturated heterocycles. The number of aromatic nitrogens is 1. The van der Waals surface area contributed by atoms with Gasteiger partial charge in [0.2, 0.25) is 11.8 Å². The van der Waals surface area contributed by atoms with Gasteiger partial charge in [-0.05, 0) is 33.1 Å². The van der Waals surface area contributed by atoms with E-state index in [9.17, 15) is 18.8 Å². The van der Waals surface area contributed by atoms with Crippen LogP contribution in [0.5, 0.6) is 0 Å². The fourth-order valence-electron chi connectivity index (χ4n) is 3.29. The maximum Gasteiger partial charge on any atom is 0.278 e. The van der Waals surface area contributed by atoms with Crippen molar-refractivity contribution in [2.45, 2.75) is 65.1 Å². The maximum atomic E-state index is 14.5. The van der Waals surface area contributed by atoms with Gasteiger partial charge in [0.1, 0.15) is 6.04 Å². The van der Waals surface area contributed by atoms with E-state index in [0.717, 1.165) is 17.0 Å². The van der Waals surface area contributed by atoms with E-state index in [1.807, 2.05) is 20.8 Å². The lowest BCUT2D eigenvalue weighted by atomic mass is 9.94. The summed E-state index contributed by atoms with van der Waals surface area (Å²) in [6, 6.07) is -0.731. The Hall–Kier alpha value is -2.07. The molecule has 3 N–H and O–H groups in total. The van der Waals surface area contributed by atoms with Crippen molar-refractivity contribution in [2.75, 3.05) is 11.9 Å². The van der Waals surface area contributed by atoms with Crippen LogP contribution in [0.15, 0.2) is 0 Å². The van der Waals surface area contributed by atoms with Crippen LogP contribution in [0.1, 0.15) is 49.6 Å². The number of hydroxylamine groups is 1. The normalized spacial score (nSPS) is 18.6. The summed E-state index contributed by atoms with van der Waals surface area (Å²) in [5.74, 6) is -3.42. The van der Waals surface area contributed by atoms with Crippen molar-refractivity contribution in [1.29, 1.82) is 0 Å². The molecule has 0 saturated carbocycles. The van der Waals surface area contributed by atoms with E-state index in [1.54, 1.807) is 0 Å². The molecule has 10 heteroatoms. The van der Waals surface area contributed by atoms with Gasteiger partial charge in [0.15, 0.2) is 11.3 Å². The molecular weight excluding hydrogens is 387 g/mol. The fraction of sp³-hybridized carbons (Fsp3) is 0.667. The highest BCUT2D eigenvalue weighted by atomic mass is 32.1. The van der Waals surface area contributed by atoms with Crippen LogP contribution >= 0.6 is 11.3 Å². The van der Waals surface area contributed by atoms with Crippen LogP contribution in [-0.4, -0.2) is 51.6 Å². The molecule has 1 aliphatic heterocycles. The zero-order valence-electron chi connectivity index (χ0n) is 16.3. The number of hydrogen-bond acceptors (Lipinski definition) is 6. The van der Waals surface area contributed by atoms with Gasteiger partial charge in [-0.1, -0.05) is 19.8 Å². The maximum absolute atomic E-state index is 14.5. The van der Waals surface area contributed by atoms with Gasteiger partial charge in [-0.2, -0.15) is 0 Å². The topological polar surface area (TPSA) is 112 Å². The Morgan fingerprint density at radius 1 is 1.39 bits per heavy atom. The standard InChI is InChI=1S/C18H27FN4O4S/c1-4-5-7-12(14(19)16(25)22-27)17(26)23-9-6-8-13(23)15(24)21-18-20-10(2)11(3)28-18/h12-14,27H,4-9H2,1-3H3,(H,22,25)(H,20,21,24)/t12-,13?,14+/m1/s1. The van der Waals surface area contributed by atoms with E-state index in [1.165, 1.54) is 21.7 Å². The van der Waals surface area contributed by atoms with Crippen molar-refractivity contribution >= 4 is 34.2 Å². The molecule has 0 aromatic carbocycles. The molecule has 28 heavy (non-hydrogen) atoms. The van der Waals surface area contributed by atoms with Gasteiger partial charge in [0, 0.05) is 11.4 Å². The number of amides is 3. The van der Waals surface area contributed by atoms with Crippen LogP contribution in [0, 0.1) is 19.8 Å². The Balaban J connectivity index is 2.13. The Morgan fingerprint density at radius 2 is 2.11 bits per heavy atom. The van der Waals surface area contributed by atoms with E-state index >= 15 is 0 Å². The molecular formula is C18H27FN4O4S. The summed E-state index contributed by atoms with van der Waals surface area (Å²) in [6.45, 7) is 5.96. The van der Waals surface area contributed by atoms with E-state index in [-0.39, 0.29) is 12.3 Å². The van der Waals surface area contributed by atoms with Crippen LogP contribution in [0.4, 0.5) is 9.52 Å². The van der Waals surface area contributed by atoms with Crippen LogP contribution in [0.25, 0.3) is 0 Å². The van der Waals surface area contributed by atoms with Gasteiger partial charge >= 0.3 is 0 Å². The highest BCUT2D eigenvalue weighted by Crippen LogP contribution is 2.27. The third-order valence-corrected chi connectivity index (χ3v) is 5.99. The second kappa shape index (κ2) is 9.92. The zero-order valence-corrected chi connectivity index (χ0v) is 17.1. The quantitative estimate of drug-likeness (QED) is 0.447. The molecule has 0 bridgehead atoms. The lowest BCUT2D eigenvalue weighted by Gasteiger charge is -2.29. The van der Waals surface area contributed by atoms with Gasteiger partial charge in [-0.25, -0.2) is 14.9 Å². The van der Waals surface area contributed by atoms with E-state index in [2.05, 4.69) is 10.3 Å². The van der Waals surface area contributed by atoms with E-state index in [4.69, 9.17) is 5.21 Å². The van der Waals surface area contributed by atoms with Gasteiger partial charge in [-0.15, -0.1) is 11.3 Å². The highest BCUT2D eigenvalue weighted by Gasteiger charge is 2.41. The molecule has 0 spiro atoms. The van der Waals surface area contributed by atoms with Crippen molar-refractivity contribution in [1.82, 2.24) is 15.4 Å². The summed E-state index contributed by atoms with van der Waals surface area (Å²) in [4.78, 5) is 43.8. The molecule has 2 rings (SSSR count). The number of rotatable bonds is 8. The Bertz CT molecular complexity index is 707. The minimum Gasteiger partial charge on any atom is -0.330 e. The van der Waals surface area contributed by atoms with Gasteiger partial charge < -0.3 is 10.2 Å². The molecule has 0 aliphatic carbocycles. The molecule has 3 amide bonds. The summed E-state index contributed by atoms with van der Waals surface area (Å²) in [5, 5.41) is 11.9. The van der Waals surface area contributed by atoms with Crippen LogP contribution in [0.2, 0.25) is 0 Å². The summed E-state index contributed by atoms with van der Waals surface area (Å²) in [6.07, 6.45) is 0.354. The molecule has 1 aromatic heterocycles. The first-order chi connectivity index (χ1) is 13.3. The Kier molecular flexibility index (Phi) is 7.88. The Labute approximate surface area is 167 Å². The predicted octanol–water partition coefficient (Wildman–Crippen LogP) is 2.34. The van der Waals surface area contributed by atoms with E-state index in [0.29, 0.717) is 30.9 Å². The largest absolute Gasteiger partial charge is 0.330 e. The number of nitrogens with zero attached hydrogens (tertiary/aromatic N) is 2. The number of carbonyl (C=O) groups excluding carboxylic acids is 3. The van der Waals surface area contributed by atoms with Crippen LogP contribution in [0.3, 0.4) is 0 Å². The zero-order chi connectivity index (χ0) is 20.8. The first-order valence-corrected chi connectivity index (χ1v) is 10.2. The Morgan fingerprint density at radius 3 is 2.68 bits per heavy atom. The summed E-state index contributed by atoms with van der Waals surface area (Å²) in [5.41, 5.74) is 2.10. The predicted molar refractivity (Wildman–Crippen MR) is 103 cm³/mol. The number of unbranched alkanes of at least 4 members (excludes halogenated alkanes) is 1. The van der Waals surface area contributed by atoms with Crippen molar-refractivity contribution in [3.05, 3.63) is 10.6 Å². The van der Waals surface area contributed by atoms with Crippen molar-refractivity contribution < 1.29 is 24.0 Å². The number of likely N-dealkylation sites (tertiary alicyclic amines) is 1. The van der Waals surface area contributed by atoms with Crippen LogP contribution in [-0.2, 0) is 14.4 Å². The van der Waals surface area contributed by atoms with E-state index < -0.39 is 29.9 Å². The highest BCUT2D eigenvalue weighted by molar-refractivity contribution is 7.15. The van der Waals surface area contributed by atoms with Crippen molar-refractivity contribution in [3.63, 3.8) is 0 Å².